The molecule has 0 atom stereocenters. The fourth-order valence-corrected chi connectivity index (χ4v) is 11.8. The van der Waals surface area contributed by atoms with Crippen molar-refractivity contribution in [3.63, 3.8) is 0 Å². The van der Waals surface area contributed by atoms with Gasteiger partial charge >= 0.3 is 0 Å². The highest BCUT2D eigenvalue weighted by Gasteiger charge is 2.24. The predicted octanol–water partition coefficient (Wildman–Crippen LogP) is 18.7. The van der Waals surface area contributed by atoms with Crippen LogP contribution >= 0.6 is 11.3 Å². The van der Waals surface area contributed by atoms with Gasteiger partial charge in [0.15, 0.2) is 0 Å². The summed E-state index contributed by atoms with van der Waals surface area (Å²) in [5.41, 5.74) is 15.1. The van der Waals surface area contributed by atoms with Crippen LogP contribution in [0.25, 0.3) is 114 Å². The number of furan rings is 1. The Bertz CT molecular complexity index is 4230. The summed E-state index contributed by atoms with van der Waals surface area (Å²) in [7, 11) is 0. The van der Waals surface area contributed by atoms with Crippen LogP contribution in [0.5, 0.6) is 0 Å². The largest absolute Gasteiger partial charge is 0.455 e. The SMILES string of the molecule is c1cc(-c2cccc3ccccc23)cc(N(c2ccc(-c3ccc4sc5ccccc5c4c3)cc2)c2ccc3c(oc4ccccc43)c2-c2cccc(-n3c4ccccc4c4ccccc43)c2)c1. The molecule has 0 saturated heterocycles. The fourth-order valence-electron chi connectivity index (χ4n) is 10.7. The fraction of sp³-hybridized carbons (Fsp3) is 0. The Morgan fingerprint density at radius 2 is 1.01 bits per heavy atom. The van der Waals surface area contributed by atoms with Crippen LogP contribution in [0.15, 0.2) is 247 Å². The number of rotatable bonds is 7. The van der Waals surface area contributed by atoms with Gasteiger partial charge in [0.2, 0.25) is 0 Å². The summed E-state index contributed by atoms with van der Waals surface area (Å²) in [5.74, 6) is 0. The van der Waals surface area contributed by atoms with Crippen LogP contribution in [0.3, 0.4) is 0 Å². The summed E-state index contributed by atoms with van der Waals surface area (Å²) >= 11 is 1.85. The number of nitrogens with zero attached hydrogens (tertiary/aromatic N) is 2. The molecule has 14 aromatic rings. The van der Waals surface area contributed by atoms with Gasteiger partial charge in [-0.25, -0.2) is 0 Å². The Hall–Kier alpha value is -8.70. The van der Waals surface area contributed by atoms with Gasteiger partial charge in [0, 0.05) is 64.3 Å². The number of para-hydroxylation sites is 3. The molecular formula is C64H40N2OS. The molecule has 3 heterocycles. The number of hydrogen-bond acceptors (Lipinski definition) is 3. The second kappa shape index (κ2) is 15.5. The molecule has 4 heteroatoms. The second-order valence-electron chi connectivity index (χ2n) is 17.6. The van der Waals surface area contributed by atoms with E-state index in [-0.39, 0.29) is 0 Å². The van der Waals surface area contributed by atoms with E-state index >= 15 is 0 Å². The van der Waals surface area contributed by atoms with Gasteiger partial charge in [-0.15, -0.1) is 11.3 Å². The lowest BCUT2D eigenvalue weighted by Crippen LogP contribution is -2.11. The van der Waals surface area contributed by atoms with Gasteiger partial charge in [0.1, 0.15) is 11.2 Å². The highest BCUT2D eigenvalue weighted by atomic mass is 32.1. The van der Waals surface area contributed by atoms with Crippen molar-refractivity contribution < 1.29 is 4.42 Å². The normalized spacial score (nSPS) is 11.8. The van der Waals surface area contributed by atoms with Crippen LogP contribution in [0, 0.1) is 0 Å². The highest BCUT2D eigenvalue weighted by Crippen LogP contribution is 2.48. The van der Waals surface area contributed by atoms with Gasteiger partial charge in [0.05, 0.1) is 16.7 Å². The lowest BCUT2D eigenvalue weighted by Gasteiger charge is -2.29. The summed E-state index contributed by atoms with van der Waals surface area (Å²) < 4.78 is 12.0. The van der Waals surface area contributed by atoms with E-state index < -0.39 is 0 Å². The molecule has 68 heavy (non-hydrogen) atoms. The van der Waals surface area contributed by atoms with Crippen LogP contribution in [-0.4, -0.2) is 4.57 Å². The Kier molecular flexibility index (Phi) is 8.76. The van der Waals surface area contributed by atoms with Crippen molar-refractivity contribution in [2.24, 2.45) is 0 Å². The summed E-state index contributed by atoms with van der Waals surface area (Å²) in [6.07, 6.45) is 0. The average Bonchev–Trinajstić information content (AvgIpc) is 4.08. The van der Waals surface area contributed by atoms with Crippen LogP contribution in [0.4, 0.5) is 17.1 Å². The summed E-state index contributed by atoms with van der Waals surface area (Å²) in [5, 5.41) is 9.69. The summed E-state index contributed by atoms with van der Waals surface area (Å²) in [6.45, 7) is 0. The van der Waals surface area contributed by atoms with E-state index in [1.54, 1.807) is 0 Å². The third kappa shape index (κ3) is 6.12. The molecule has 0 unspecified atom stereocenters. The van der Waals surface area contributed by atoms with Crippen molar-refractivity contribution in [3.8, 4) is 39.1 Å². The zero-order valence-corrected chi connectivity index (χ0v) is 37.6. The van der Waals surface area contributed by atoms with Gasteiger partial charge in [0.25, 0.3) is 0 Å². The quantitative estimate of drug-likeness (QED) is 0.159. The third-order valence-electron chi connectivity index (χ3n) is 13.8. The van der Waals surface area contributed by atoms with Crippen molar-refractivity contribution in [2.45, 2.75) is 0 Å². The van der Waals surface area contributed by atoms with Gasteiger partial charge in [-0.1, -0.05) is 158 Å². The molecule has 3 aromatic heterocycles. The minimum Gasteiger partial charge on any atom is -0.455 e. The highest BCUT2D eigenvalue weighted by molar-refractivity contribution is 7.25. The minimum absolute atomic E-state index is 0.853. The number of thiophene rings is 1. The number of aromatic nitrogens is 1. The van der Waals surface area contributed by atoms with Crippen molar-refractivity contribution >= 4 is 103 Å². The first kappa shape index (κ1) is 38.6. The van der Waals surface area contributed by atoms with E-state index in [0.717, 1.165) is 61.4 Å². The van der Waals surface area contributed by atoms with Gasteiger partial charge in [-0.3, -0.25) is 0 Å². The number of hydrogen-bond donors (Lipinski definition) is 0. The molecule has 0 aliphatic heterocycles. The van der Waals surface area contributed by atoms with E-state index in [2.05, 4.69) is 252 Å². The molecular weight excluding hydrogens is 845 g/mol. The monoisotopic (exact) mass is 884 g/mol. The second-order valence-corrected chi connectivity index (χ2v) is 18.7. The molecule has 3 nitrogen and oxygen atoms in total. The molecule has 0 fully saturated rings. The molecule has 0 aliphatic rings. The minimum atomic E-state index is 0.853. The van der Waals surface area contributed by atoms with Crippen molar-refractivity contribution in [2.75, 3.05) is 4.90 Å². The van der Waals surface area contributed by atoms with Gasteiger partial charge in [-0.05, 0) is 124 Å². The van der Waals surface area contributed by atoms with Gasteiger partial charge in [-0.2, -0.15) is 0 Å². The Morgan fingerprint density at radius 3 is 1.85 bits per heavy atom. The molecule has 0 N–H and O–H groups in total. The van der Waals surface area contributed by atoms with Crippen molar-refractivity contribution in [3.05, 3.63) is 243 Å². The predicted molar refractivity (Wildman–Crippen MR) is 289 cm³/mol. The van der Waals surface area contributed by atoms with Gasteiger partial charge < -0.3 is 13.9 Å². The zero-order valence-electron chi connectivity index (χ0n) is 36.8. The molecule has 11 aromatic carbocycles. The van der Waals surface area contributed by atoms with Crippen molar-refractivity contribution in [1.29, 1.82) is 0 Å². The number of fused-ring (bicyclic) bond motifs is 10. The first-order valence-corrected chi connectivity index (χ1v) is 24.0. The molecule has 0 radical (unpaired) electrons. The Labute approximate surface area is 396 Å². The molecule has 318 valence electrons. The maximum atomic E-state index is 7.02. The zero-order chi connectivity index (χ0) is 44.7. The third-order valence-corrected chi connectivity index (χ3v) is 14.9. The van der Waals surface area contributed by atoms with E-state index in [9.17, 15) is 0 Å². The van der Waals surface area contributed by atoms with Crippen molar-refractivity contribution in [1.82, 2.24) is 4.57 Å². The van der Waals surface area contributed by atoms with E-state index in [1.807, 2.05) is 11.3 Å². The Morgan fingerprint density at radius 1 is 0.368 bits per heavy atom. The Balaban J connectivity index is 1.00. The molecule has 0 amide bonds. The maximum absolute atomic E-state index is 7.02. The lowest BCUT2D eigenvalue weighted by atomic mass is 9.96. The molecule has 0 aliphatic carbocycles. The van der Waals surface area contributed by atoms with Crippen LogP contribution in [-0.2, 0) is 0 Å². The van der Waals surface area contributed by atoms with E-state index in [1.165, 1.54) is 69.4 Å². The van der Waals surface area contributed by atoms with Crippen LogP contribution < -0.4 is 4.90 Å². The molecule has 0 spiro atoms. The summed E-state index contributed by atoms with van der Waals surface area (Å²) in [6, 6.07) is 88.3. The molecule has 0 saturated carbocycles. The van der Waals surface area contributed by atoms with E-state index in [4.69, 9.17) is 4.42 Å². The maximum Gasteiger partial charge on any atom is 0.145 e. The number of benzene rings is 11. The average molecular weight is 885 g/mol. The smallest absolute Gasteiger partial charge is 0.145 e. The first-order chi connectivity index (χ1) is 33.7. The number of anilines is 3. The standard InChI is InChI=1S/C64H40N2OS/c1-2-20-49-42(14-1)15-13-25-50(49)44-16-11-18-47(38-44)65(46-33-30-41(31-34-46)43-32-37-62-56(40-43)54-24-6-10-29-61(54)68-62)59-36-35-55-53-23-5-9-28-60(53)67-64(55)63(59)45-17-12-19-48(39-45)66-57-26-7-3-21-51(57)52-22-4-8-27-58(52)66/h1-40H. The molecule has 0 bridgehead atoms. The first-order valence-electron chi connectivity index (χ1n) is 23.2. The lowest BCUT2D eigenvalue weighted by molar-refractivity contribution is 0.670. The molecule has 14 rings (SSSR count). The van der Waals surface area contributed by atoms with Crippen LogP contribution in [0.1, 0.15) is 0 Å². The van der Waals surface area contributed by atoms with E-state index in [0.29, 0.717) is 0 Å². The summed E-state index contributed by atoms with van der Waals surface area (Å²) in [4.78, 5) is 2.42. The topological polar surface area (TPSA) is 21.3 Å². The van der Waals surface area contributed by atoms with Crippen LogP contribution in [0.2, 0.25) is 0 Å².